The van der Waals surface area contributed by atoms with E-state index in [1.54, 1.807) is 0 Å². The van der Waals surface area contributed by atoms with Crippen LogP contribution < -0.4 is 37.2 Å². The maximum absolute atomic E-state index is 15.2. The minimum atomic E-state index is -1.94. The maximum atomic E-state index is 15.2. The van der Waals surface area contributed by atoms with Crippen molar-refractivity contribution in [1.29, 1.82) is 5.26 Å². The topological polar surface area (TPSA) is 617 Å². The first-order chi connectivity index (χ1) is 64.5. The monoisotopic (exact) mass is 1970 g/mol. The molecule has 772 valence electrons. The van der Waals surface area contributed by atoms with Gasteiger partial charge in [-0.3, -0.25) is 81.5 Å². The first-order valence-corrected chi connectivity index (χ1v) is 45.8. The van der Waals surface area contributed by atoms with E-state index in [-0.39, 0.29) is 176 Å². The molecule has 0 aromatic carbocycles. The predicted octanol–water partition coefficient (Wildman–Crippen LogP) is -1.60. The Balaban J connectivity index is 1.50. The fourth-order valence-corrected chi connectivity index (χ4v) is 16.2. The lowest BCUT2D eigenvalue weighted by atomic mass is 9.86. The highest BCUT2D eigenvalue weighted by molar-refractivity contribution is 7.44. The Morgan fingerprint density at radius 2 is 0.831 bits per heavy atom. The third-order valence-electron chi connectivity index (χ3n) is 19.8. The summed E-state index contributed by atoms with van der Waals surface area (Å²) in [5, 5.41) is 28.0. The van der Waals surface area contributed by atoms with Crippen LogP contribution in [0.1, 0.15) is 156 Å². The van der Waals surface area contributed by atoms with E-state index in [2.05, 4.69) is 48.0 Å². The van der Waals surface area contributed by atoms with Crippen LogP contribution in [0.25, 0.3) is 0 Å². The van der Waals surface area contributed by atoms with Gasteiger partial charge in [-0.05, 0) is 59.8 Å². The Morgan fingerprint density at radius 3 is 1.23 bits per heavy atom. The van der Waals surface area contributed by atoms with Crippen LogP contribution in [0, 0.1) is 17.2 Å². The van der Waals surface area contributed by atoms with Gasteiger partial charge in [-0.15, -0.1) is 0 Å². The van der Waals surface area contributed by atoms with Crippen molar-refractivity contribution >= 4 is 110 Å². The highest BCUT2D eigenvalue weighted by Gasteiger charge is 2.58. The fraction of sp³-hybridized carbons (Fsp3) is 0.788. The first-order valence-electron chi connectivity index (χ1n) is 44.7. The average molecular weight is 1970 g/mol. The Bertz CT molecular complexity index is 3850. The fourth-order valence-electron chi connectivity index (χ4n) is 14.4. The average Bonchev–Trinajstić information content (AvgIpc) is 0.756. The Morgan fingerprint density at radius 1 is 0.441 bits per heavy atom. The second-order valence-corrected chi connectivity index (χ2v) is 33.4. The Kier molecular flexibility index (Phi) is 56.2. The van der Waals surface area contributed by atoms with Crippen molar-refractivity contribution in [3.05, 3.63) is 0 Å². The van der Waals surface area contributed by atoms with Gasteiger partial charge in [0, 0.05) is 127 Å². The van der Waals surface area contributed by atoms with E-state index in [4.69, 9.17) is 109 Å². The molecular weight excluding hydrogens is 1830 g/mol. The maximum Gasteiger partial charge on any atom is 0.303 e. The van der Waals surface area contributed by atoms with Crippen molar-refractivity contribution < 1.29 is 190 Å². The van der Waals surface area contributed by atoms with Crippen molar-refractivity contribution in [2.45, 2.75) is 265 Å². The molecule has 3 saturated heterocycles. The smallest absolute Gasteiger partial charge is 0.303 e. The molecule has 1 saturated carbocycles. The van der Waals surface area contributed by atoms with Crippen LogP contribution in [0.4, 0.5) is 0 Å². The van der Waals surface area contributed by atoms with E-state index in [1.165, 1.54) is 13.8 Å². The van der Waals surface area contributed by atoms with Crippen LogP contribution in [-0.4, -0.2) is 385 Å². The zero-order valence-electron chi connectivity index (χ0n) is 80.1. The number of nitrogens with one attached hydrogen (secondary N) is 7. The van der Waals surface area contributed by atoms with E-state index in [9.17, 15) is 82.0 Å². The molecule has 51 heteroatoms. The first kappa shape index (κ1) is 119. The van der Waals surface area contributed by atoms with Gasteiger partial charge < -0.3 is 151 Å². The number of hydrogen-bond acceptors (Lipinski definition) is 42. The summed E-state index contributed by atoms with van der Waals surface area (Å²) in [4.78, 5) is 219. The summed E-state index contributed by atoms with van der Waals surface area (Å²) in [6, 6.07) is -1.88. The quantitative estimate of drug-likeness (QED) is 0.0119. The van der Waals surface area contributed by atoms with Gasteiger partial charge in [-0.2, -0.15) is 5.26 Å². The third kappa shape index (κ3) is 46.2. The molecule has 0 bridgehead atoms. The van der Waals surface area contributed by atoms with Gasteiger partial charge in [0.05, 0.1) is 131 Å². The van der Waals surface area contributed by atoms with E-state index in [1.807, 2.05) is 27.7 Å². The summed E-state index contributed by atoms with van der Waals surface area (Å²) < 4.78 is 133. The van der Waals surface area contributed by atoms with Crippen molar-refractivity contribution in [1.82, 2.24) is 46.8 Å². The van der Waals surface area contributed by atoms with Gasteiger partial charge >= 0.3 is 53.7 Å². The van der Waals surface area contributed by atoms with Crippen LogP contribution in [0.3, 0.4) is 0 Å². The molecule has 16 atom stereocenters. The molecule has 4 rings (SSSR count). The predicted molar refractivity (Wildman–Crippen MR) is 464 cm³/mol. The van der Waals surface area contributed by atoms with Crippen molar-refractivity contribution in [3.63, 3.8) is 0 Å². The second kappa shape index (κ2) is 64.5. The number of nitrogens with zero attached hydrogens (tertiary/aromatic N) is 3. The summed E-state index contributed by atoms with van der Waals surface area (Å²) in [7, 11) is -1.64. The zero-order valence-corrected chi connectivity index (χ0v) is 81.0. The van der Waals surface area contributed by atoms with E-state index >= 15 is 4.79 Å². The summed E-state index contributed by atoms with van der Waals surface area (Å²) in [5.41, 5.74) is -1.94. The molecule has 16 unspecified atom stereocenters. The second-order valence-electron chi connectivity index (χ2n) is 32.0. The molecule has 8 amide bonds. The molecule has 0 spiro atoms. The minimum Gasteiger partial charge on any atom is -0.463 e. The number of carbonyl (C=O) groups excluding carboxylic acids is 17. The molecule has 136 heavy (non-hydrogen) atoms. The molecule has 7 N–H and O–H groups in total. The molecule has 0 aromatic rings. The molecule has 0 radical (unpaired) electrons. The lowest BCUT2D eigenvalue weighted by molar-refractivity contribution is -0.279. The van der Waals surface area contributed by atoms with Crippen molar-refractivity contribution in [3.8, 4) is 6.07 Å². The highest BCUT2D eigenvalue weighted by Crippen LogP contribution is 2.49. The van der Waals surface area contributed by atoms with Crippen LogP contribution in [-0.2, 0) is 190 Å². The summed E-state index contributed by atoms with van der Waals surface area (Å²) in [6.45, 7) is 16.6. The summed E-state index contributed by atoms with van der Waals surface area (Å²) in [6.07, 6.45) is -14.2. The molecule has 0 aromatic heterocycles. The van der Waals surface area contributed by atoms with Gasteiger partial charge in [0.15, 0.2) is 49.2 Å². The summed E-state index contributed by atoms with van der Waals surface area (Å²) >= 11 is 0. The van der Waals surface area contributed by atoms with Crippen LogP contribution in [0.15, 0.2) is 0 Å². The van der Waals surface area contributed by atoms with Gasteiger partial charge in [-0.25, -0.2) is 4.67 Å². The standard InChI is InChI=1S/C85H137N10O40P/c1-50(2)95(51(3)4)136(126-28-17-24-86)135-65-20-18-64(19-21-65)81(111)92-66(22-23-70(108)87-25-29-113-32-35-116-38-41-119-83-73(90-52(5)96)78(130-61(14)105)75(127-58(11)102)68(133-83)47-122-56(9)100)82(112)94(44-71(109)88-26-30-114-33-36-117-39-42-120-84-74(91-53(6)97)79(131-62(15)106)76(128-59(12)103)69(134-84)48-123-57(10)101)45-72(110)89-27-31-115-34-37-118-40-43-125-85(93-54(7)98)49-124-67(46-121-55(8)99)77(129-60(13)104)80(85)132-63(16)107/h50-51,64-69,73-80,83-84H,17-23,25-49H2,1-16H3,(H,87,108)(H,88,109)(H,89,110)(H,90,96)(H,91,97)(H,92,111)(H,93,98). The van der Waals surface area contributed by atoms with E-state index in [0.29, 0.717) is 12.8 Å². The van der Waals surface area contributed by atoms with Gasteiger partial charge in [0.2, 0.25) is 53.0 Å². The van der Waals surface area contributed by atoms with Gasteiger partial charge in [0.25, 0.3) is 8.53 Å². The number of nitriles is 1. The number of amides is 8. The van der Waals surface area contributed by atoms with Crippen LogP contribution in [0.5, 0.6) is 0 Å². The van der Waals surface area contributed by atoms with Gasteiger partial charge in [0.1, 0.15) is 69.3 Å². The lowest BCUT2D eigenvalue weighted by Gasteiger charge is -2.48. The number of ether oxygens (including phenoxy) is 21. The zero-order chi connectivity index (χ0) is 101. The minimum absolute atomic E-state index is 0.00277. The normalized spacial score (nSPS) is 23.4. The SMILES string of the molecule is CC(=O)NC1C(OCCOCCOCCNC(=O)CCC(NC(=O)C2CCC(OP(OCCC#N)N(C(C)C)C(C)C)CC2)C(=O)N(CC(=O)NCCOCCOCCOC2OC(COC(C)=O)C(OC(C)=O)C(OC(C)=O)C2NC(C)=O)CC(=O)NCCOCCOCCOC2(NC(C)=O)COC(COC(C)=O)C(OC(C)=O)C2OC(C)=O)OC(COC(C)=O)C(OC(C)=O)C1OC(C)=O. The van der Waals surface area contributed by atoms with Crippen LogP contribution in [0.2, 0.25) is 0 Å². The highest BCUT2D eigenvalue weighted by atomic mass is 31.2. The van der Waals surface area contributed by atoms with Crippen molar-refractivity contribution in [2.24, 2.45) is 5.92 Å². The number of rotatable bonds is 63. The number of carbonyl (C=O) groups is 17. The Labute approximate surface area is 790 Å². The largest absolute Gasteiger partial charge is 0.463 e. The molecule has 50 nitrogen and oxygen atoms in total. The molecule has 4 aliphatic rings. The molecule has 3 heterocycles. The third-order valence-corrected chi connectivity index (χ3v) is 22.0. The van der Waals surface area contributed by atoms with Crippen molar-refractivity contribution in [2.75, 3.05) is 165 Å². The molecule has 1 aliphatic carbocycles. The van der Waals surface area contributed by atoms with Gasteiger partial charge in [-0.1, -0.05) is 0 Å². The van der Waals surface area contributed by atoms with E-state index < -0.39 is 246 Å². The number of esters is 9. The Hall–Kier alpha value is -9.69. The lowest BCUT2D eigenvalue weighted by Crippen LogP contribution is -2.72. The summed E-state index contributed by atoms with van der Waals surface area (Å²) in [5.74, 6) is -13.1. The molecule has 3 aliphatic heterocycles. The molecule has 4 fully saturated rings. The van der Waals surface area contributed by atoms with E-state index in [0.717, 1.165) is 74.1 Å². The number of hydrogen-bond donors (Lipinski definition) is 7. The van der Waals surface area contributed by atoms with Crippen LogP contribution >= 0.6 is 8.53 Å². The molecular formula is C85H137N10O40P.